The molecule has 1 rings (SSSR count). The Hall–Kier alpha value is -0.980. The highest BCUT2D eigenvalue weighted by atomic mass is 14.6. The van der Waals surface area contributed by atoms with E-state index >= 15 is 0 Å². The van der Waals surface area contributed by atoms with E-state index in [1.807, 2.05) is 19.1 Å². The van der Waals surface area contributed by atoms with Crippen molar-refractivity contribution in [3.05, 3.63) is 35.6 Å². The van der Waals surface area contributed by atoms with E-state index in [0.717, 1.165) is 17.7 Å². The van der Waals surface area contributed by atoms with Crippen LogP contribution in [0.4, 0.5) is 0 Å². The molecule has 0 spiro atoms. The van der Waals surface area contributed by atoms with Crippen LogP contribution in [0.5, 0.6) is 0 Å². The van der Waals surface area contributed by atoms with E-state index < -0.39 is 0 Å². The first-order valence-electron chi connectivity index (χ1n) is 3.01. The summed E-state index contributed by atoms with van der Waals surface area (Å²) in [4.78, 5) is 0. The summed E-state index contributed by atoms with van der Waals surface area (Å²) in [6.07, 6.45) is 4.77. The molecule has 0 aliphatic heterocycles. The van der Waals surface area contributed by atoms with Crippen LogP contribution in [0.15, 0.2) is 35.6 Å². The van der Waals surface area contributed by atoms with Gasteiger partial charge in [-0.15, -0.1) is 0 Å². The van der Waals surface area contributed by atoms with Gasteiger partial charge in [-0.2, -0.15) is 0 Å². The lowest BCUT2D eigenvalue weighted by Gasteiger charge is -2.09. The van der Waals surface area contributed by atoms with E-state index in [4.69, 9.17) is 5.73 Å². The van der Waals surface area contributed by atoms with Gasteiger partial charge in [0, 0.05) is 12.1 Å². The normalized spacial score (nSPS) is 19.0. The van der Waals surface area contributed by atoms with Crippen LogP contribution < -0.4 is 5.73 Å². The van der Waals surface area contributed by atoms with Crippen molar-refractivity contribution in [2.45, 2.75) is 13.3 Å². The molecule has 0 heterocycles. The van der Waals surface area contributed by atoms with Gasteiger partial charge in [-0.3, -0.25) is 0 Å². The molecule has 0 unspecified atom stereocenters. The molecule has 0 aromatic rings. The van der Waals surface area contributed by atoms with Gasteiger partial charge in [0.05, 0.1) is 0 Å². The summed E-state index contributed by atoms with van der Waals surface area (Å²) in [6, 6.07) is 0. The van der Waals surface area contributed by atoms with Gasteiger partial charge in [-0.05, 0) is 24.1 Å². The maximum atomic E-state index is 5.54. The Labute approximate surface area is 55.6 Å². The van der Waals surface area contributed by atoms with Crippen molar-refractivity contribution < 1.29 is 0 Å². The van der Waals surface area contributed by atoms with E-state index in [1.54, 1.807) is 0 Å². The van der Waals surface area contributed by atoms with Crippen molar-refractivity contribution >= 4 is 0 Å². The minimum atomic E-state index is 0.836. The lowest BCUT2D eigenvalue weighted by Crippen LogP contribution is -2.02. The minimum absolute atomic E-state index is 0.836. The van der Waals surface area contributed by atoms with E-state index in [0.29, 0.717) is 0 Å². The summed E-state index contributed by atoms with van der Waals surface area (Å²) < 4.78 is 0. The summed E-state index contributed by atoms with van der Waals surface area (Å²) >= 11 is 0. The maximum Gasteiger partial charge on any atom is 0.0125 e. The molecule has 0 saturated carbocycles. The molecule has 0 bridgehead atoms. The Morgan fingerprint density at radius 3 is 2.67 bits per heavy atom. The third-order valence-corrected chi connectivity index (χ3v) is 1.52. The monoisotopic (exact) mass is 121 g/mol. The number of nitrogens with two attached hydrogens (primary N) is 1. The fourth-order valence-electron chi connectivity index (χ4n) is 0.795. The molecule has 9 heavy (non-hydrogen) atoms. The molecule has 0 aromatic heterocycles. The van der Waals surface area contributed by atoms with Crippen molar-refractivity contribution in [2.24, 2.45) is 5.73 Å². The fraction of sp³-hybridized carbons (Fsp3) is 0.250. The van der Waals surface area contributed by atoms with E-state index in [2.05, 4.69) is 6.58 Å². The van der Waals surface area contributed by atoms with Crippen LogP contribution >= 0.6 is 0 Å². The first-order valence-corrected chi connectivity index (χ1v) is 3.01. The summed E-state index contributed by atoms with van der Waals surface area (Å²) in [7, 11) is 0. The number of hydrogen-bond donors (Lipinski definition) is 1. The summed E-state index contributed by atoms with van der Waals surface area (Å²) in [5.74, 6) is 0. The van der Waals surface area contributed by atoms with E-state index in [-0.39, 0.29) is 0 Å². The second-order valence-corrected chi connectivity index (χ2v) is 2.37. The Morgan fingerprint density at radius 1 is 1.56 bits per heavy atom. The van der Waals surface area contributed by atoms with Crippen LogP contribution in [-0.2, 0) is 0 Å². The molecule has 0 atom stereocenters. The van der Waals surface area contributed by atoms with Gasteiger partial charge in [0.1, 0.15) is 0 Å². The van der Waals surface area contributed by atoms with Crippen LogP contribution in [0.25, 0.3) is 0 Å². The Bertz CT molecular complexity index is 197. The molecule has 1 aliphatic rings. The van der Waals surface area contributed by atoms with Crippen molar-refractivity contribution in [2.75, 3.05) is 0 Å². The van der Waals surface area contributed by atoms with Crippen molar-refractivity contribution in [1.82, 2.24) is 0 Å². The zero-order valence-electron chi connectivity index (χ0n) is 5.65. The molecule has 0 saturated heterocycles. The maximum absolute atomic E-state index is 5.54. The molecule has 1 aliphatic carbocycles. The lowest BCUT2D eigenvalue weighted by atomic mass is 10.00. The second kappa shape index (κ2) is 2.09. The topological polar surface area (TPSA) is 26.0 Å². The molecule has 2 N–H and O–H groups in total. The summed E-state index contributed by atoms with van der Waals surface area (Å²) in [5.41, 5.74) is 8.83. The number of hydrogen-bond acceptors (Lipinski definition) is 1. The SMILES string of the molecule is C=C1CC(N)=CC=C1C. The zero-order valence-corrected chi connectivity index (χ0v) is 5.65. The predicted molar refractivity (Wildman–Crippen MR) is 39.8 cm³/mol. The highest BCUT2D eigenvalue weighted by Gasteiger charge is 2.01. The molecular formula is C8H11N. The first-order chi connectivity index (χ1) is 4.20. The molecule has 0 aromatic carbocycles. The standard InChI is InChI=1S/C8H11N/c1-6-3-4-8(9)5-7(6)2/h3-4H,2,5,9H2,1H3. The third-order valence-electron chi connectivity index (χ3n) is 1.52. The Balaban J connectivity index is 2.86. The molecule has 1 heteroatoms. The smallest absolute Gasteiger partial charge is 0.0125 e. The Kier molecular flexibility index (Phi) is 1.43. The van der Waals surface area contributed by atoms with Crippen LogP contribution in [0.1, 0.15) is 13.3 Å². The second-order valence-electron chi connectivity index (χ2n) is 2.37. The number of rotatable bonds is 0. The zero-order chi connectivity index (χ0) is 6.85. The van der Waals surface area contributed by atoms with Gasteiger partial charge in [0.15, 0.2) is 0 Å². The highest BCUT2D eigenvalue weighted by molar-refractivity contribution is 5.38. The molecule has 0 amide bonds. The summed E-state index contributed by atoms with van der Waals surface area (Å²) in [6.45, 7) is 5.90. The Morgan fingerprint density at radius 2 is 2.22 bits per heavy atom. The van der Waals surface area contributed by atoms with Gasteiger partial charge < -0.3 is 5.73 Å². The predicted octanol–water partition coefficient (Wildman–Crippen LogP) is 1.74. The molecular weight excluding hydrogens is 110 g/mol. The van der Waals surface area contributed by atoms with Gasteiger partial charge in [-0.1, -0.05) is 12.7 Å². The molecule has 0 fully saturated rings. The van der Waals surface area contributed by atoms with Gasteiger partial charge in [-0.25, -0.2) is 0 Å². The fourth-order valence-corrected chi connectivity index (χ4v) is 0.795. The van der Waals surface area contributed by atoms with Crippen LogP contribution in [0.2, 0.25) is 0 Å². The first kappa shape index (κ1) is 6.14. The van der Waals surface area contributed by atoms with Gasteiger partial charge in [0.2, 0.25) is 0 Å². The highest BCUT2D eigenvalue weighted by Crippen LogP contribution is 2.18. The molecule has 48 valence electrons. The summed E-state index contributed by atoms with van der Waals surface area (Å²) in [5, 5.41) is 0. The van der Waals surface area contributed by atoms with Crippen molar-refractivity contribution in [1.29, 1.82) is 0 Å². The van der Waals surface area contributed by atoms with Crippen LogP contribution in [-0.4, -0.2) is 0 Å². The van der Waals surface area contributed by atoms with Gasteiger partial charge >= 0.3 is 0 Å². The average molecular weight is 121 g/mol. The molecule has 1 nitrogen and oxygen atoms in total. The van der Waals surface area contributed by atoms with E-state index in [9.17, 15) is 0 Å². The minimum Gasteiger partial charge on any atom is -0.402 e. The third kappa shape index (κ3) is 1.22. The van der Waals surface area contributed by atoms with Gasteiger partial charge in [0.25, 0.3) is 0 Å². The van der Waals surface area contributed by atoms with E-state index in [1.165, 1.54) is 5.57 Å². The van der Waals surface area contributed by atoms with Crippen molar-refractivity contribution in [3.8, 4) is 0 Å². The van der Waals surface area contributed by atoms with Crippen LogP contribution in [0, 0.1) is 0 Å². The molecule has 0 radical (unpaired) electrons. The lowest BCUT2D eigenvalue weighted by molar-refractivity contribution is 1.07. The van der Waals surface area contributed by atoms with Crippen LogP contribution in [0.3, 0.4) is 0 Å². The quantitative estimate of drug-likeness (QED) is 0.519. The van der Waals surface area contributed by atoms with Crippen molar-refractivity contribution in [3.63, 3.8) is 0 Å². The largest absolute Gasteiger partial charge is 0.402 e. The average Bonchev–Trinajstić information content (AvgIpc) is 1.80. The number of allylic oxidation sites excluding steroid dienone is 4.